The van der Waals surface area contributed by atoms with Gasteiger partial charge in [-0.05, 0) is 23.1 Å². The molecule has 1 aromatic heterocycles. The molecule has 26 heavy (non-hydrogen) atoms. The van der Waals surface area contributed by atoms with Crippen LogP contribution in [0, 0.1) is 0 Å². The zero-order valence-corrected chi connectivity index (χ0v) is 16.0. The van der Waals surface area contributed by atoms with Crippen LogP contribution in [-0.2, 0) is 10.2 Å². The molecule has 0 atom stereocenters. The Bertz CT molecular complexity index is 865. The molecule has 0 aliphatic carbocycles. The molecule has 4 nitrogen and oxygen atoms in total. The maximum atomic E-state index is 12.1. The van der Waals surface area contributed by atoms with Crippen molar-refractivity contribution >= 4 is 22.4 Å². The first-order valence-electron chi connectivity index (χ1n) is 8.46. The number of aromatic nitrogens is 1. The van der Waals surface area contributed by atoms with E-state index in [0.29, 0.717) is 10.9 Å². The van der Waals surface area contributed by atoms with E-state index in [0.717, 1.165) is 11.3 Å². The molecule has 3 rings (SSSR count). The summed E-state index contributed by atoms with van der Waals surface area (Å²) < 4.78 is 5.56. The van der Waals surface area contributed by atoms with E-state index in [4.69, 9.17) is 4.74 Å². The number of nitrogens with one attached hydrogen (secondary N) is 1. The molecule has 0 fully saturated rings. The van der Waals surface area contributed by atoms with Crippen LogP contribution in [0.5, 0.6) is 5.75 Å². The first kappa shape index (κ1) is 18.1. The SMILES string of the molecule is CC(C)(C)c1ccc(OCC(=O)Nc2nc(-c3ccccc3)cs2)cc1. The molecule has 1 amide bonds. The summed E-state index contributed by atoms with van der Waals surface area (Å²) in [5, 5.41) is 5.28. The molecule has 1 heterocycles. The third kappa shape index (κ3) is 4.70. The van der Waals surface area contributed by atoms with Crippen molar-refractivity contribution in [1.82, 2.24) is 4.98 Å². The summed E-state index contributed by atoms with van der Waals surface area (Å²) in [5.74, 6) is 0.455. The fourth-order valence-electron chi connectivity index (χ4n) is 2.43. The molecule has 1 N–H and O–H groups in total. The van der Waals surface area contributed by atoms with Gasteiger partial charge in [-0.3, -0.25) is 10.1 Å². The highest BCUT2D eigenvalue weighted by atomic mass is 32.1. The topological polar surface area (TPSA) is 51.2 Å². The van der Waals surface area contributed by atoms with Gasteiger partial charge in [-0.1, -0.05) is 63.2 Å². The molecule has 0 saturated carbocycles. The van der Waals surface area contributed by atoms with E-state index in [1.54, 1.807) is 0 Å². The van der Waals surface area contributed by atoms with Crippen LogP contribution in [0.15, 0.2) is 60.0 Å². The highest BCUT2D eigenvalue weighted by Gasteiger charge is 2.13. The maximum Gasteiger partial charge on any atom is 0.264 e. The lowest BCUT2D eigenvalue weighted by Gasteiger charge is -2.19. The summed E-state index contributed by atoms with van der Waals surface area (Å²) >= 11 is 1.40. The molecule has 0 bridgehead atoms. The summed E-state index contributed by atoms with van der Waals surface area (Å²) in [6.45, 7) is 6.44. The normalized spacial score (nSPS) is 11.2. The Balaban J connectivity index is 1.54. The van der Waals surface area contributed by atoms with E-state index in [9.17, 15) is 4.79 Å². The number of amides is 1. The highest BCUT2D eigenvalue weighted by Crippen LogP contribution is 2.25. The van der Waals surface area contributed by atoms with Gasteiger partial charge in [0.1, 0.15) is 5.75 Å². The third-order valence-electron chi connectivity index (χ3n) is 3.91. The molecule has 2 aromatic carbocycles. The van der Waals surface area contributed by atoms with Crippen LogP contribution in [0.1, 0.15) is 26.3 Å². The van der Waals surface area contributed by atoms with Crippen LogP contribution in [0.25, 0.3) is 11.3 Å². The quantitative estimate of drug-likeness (QED) is 0.681. The Kier molecular flexibility index (Phi) is 5.38. The van der Waals surface area contributed by atoms with Gasteiger partial charge < -0.3 is 4.74 Å². The lowest BCUT2D eigenvalue weighted by Crippen LogP contribution is -2.20. The van der Waals surface area contributed by atoms with Gasteiger partial charge in [0, 0.05) is 10.9 Å². The number of ether oxygens (including phenoxy) is 1. The van der Waals surface area contributed by atoms with Crippen LogP contribution in [0.3, 0.4) is 0 Å². The average Bonchev–Trinajstić information content (AvgIpc) is 3.09. The molecular weight excluding hydrogens is 344 g/mol. The minimum atomic E-state index is -0.223. The summed E-state index contributed by atoms with van der Waals surface area (Å²) in [6, 6.07) is 17.7. The number of rotatable bonds is 5. The zero-order valence-electron chi connectivity index (χ0n) is 15.2. The standard InChI is InChI=1S/C21H22N2O2S/c1-21(2,3)16-9-11-17(12-10-16)25-13-19(24)23-20-22-18(14-26-20)15-7-5-4-6-8-15/h4-12,14H,13H2,1-3H3,(H,22,23,24). The number of benzene rings is 2. The van der Waals surface area contributed by atoms with Gasteiger partial charge in [0.2, 0.25) is 0 Å². The van der Waals surface area contributed by atoms with Crippen LogP contribution in [0.2, 0.25) is 0 Å². The second-order valence-electron chi connectivity index (χ2n) is 7.02. The summed E-state index contributed by atoms with van der Waals surface area (Å²) in [5.41, 5.74) is 3.20. The Morgan fingerprint density at radius 1 is 1.08 bits per heavy atom. The van der Waals surface area contributed by atoms with Gasteiger partial charge in [0.25, 0.3) is 5.91 Å². The lowest BCUT2D eigenvalue weighted by molar-refractivity contribution is -0.118. The Morgan fingerprint density at radius 3 is 2.42 bits per heavy atom. The van der Waals surface area contributed by atoms with Crippen LogP contribution in [0.4, 0.5) is 5.13 Å². The number of anilines is 1. The summed E-state index contributed by atoms with van der Waals surface area (Å²) in [6.07, 6.45) is 0. The predicted octanol–water partition coefficient (Wildman–Crippen LogP) is 5.13. The van der Waals surface area contributed by atoms with Crippen molar-refractivity contribution in [1.29, 1.82) is 0 Å². The molecule has 0 aliphatic heterocycles. The number of carbonyl (C=O) groups excluding carboxylic acids is 1. The summed E-state index contributed by atoms with van der Waals surface area (Å²) in [4.78, 5) is 16.5. The third-order valence-corrected chi connectivity index (χ3v) is 4.67. The lowest BCUT2D eigenvalue weighted by atomic mass is 9.87. The molecule has 0 aliphatic rings. The molecule has 0 spiro atoms. The smallest absolute Gasteiger partial charge is 0.264 e. The Hall–Kier alpha value is -2.66. The van der Waals surface area contributed by atoms with Crippen LogP contribution >= 0.6 is 11.3 Å². The molecule has 5 heteroatoms. The van der Waals surface area contributed by atoms with Gasteiger partial charge in [0.15, 0.2) is 11.7 Å². The fourth-order valence-corrected chi connectivity index (χ4v) is 3.16. The van der Waals surface area contributed by atoms with Gasteiger partial charge in [-0.2, -0.15) is 0 Å². The second-order valence-corrected chi connectivity index (χ2v) is 7.87. The minimum Gasteiger partial charge on any atom is -0.484 e. The first-order chi connectivity index (χ1) is 12.4. The number of carbonyl (C=O) groups is 1. The van der Waals surface area contributed by atoms with E-state index >= 15 is 0 Å². The fraction of sp³-hybridized carbons (Fsp3) is 0.238. The molecule has 134 valence electrons. The van der Waals surface area contributed by atoms with Gasteiger partial charge >= 0.3 is 0 Å². The average molecular weight is 366 g/mol. The molecule has 0 saturated heterocycles. The van der Waals surface area contributed by atoms with E-state index in [2.05, 4.69) is 31.1 Å². The number of hydrogen-bond acceptors (Lipinski definition) is 4. The first-order valence-corrected chi connectivity index (χ1v) is 9.34. The maximum absolute atomic E-state index is 12.1. The van der Waals surface area contributed by atoms with Crippen LogP contribution in [-0.4, -0.2) is 17.5 Å². The molecular formula is C21H22N2O2S. The van der Waals surface area contributed by atoms with Gasteiger partial charge in [-0.25, -0.2) is 4.98 Å². The van der Waals surface area contributed by atoms with Crippen molar-refractivity contribution in [2.24, 2.45) is 0 Å². The molecule has 0 radical (unpaired) electrons. The van der Waals surface area contributed by atoms with E-state index in [1.165, 1.54) is 16.9 Å². The number of hydrogen-bond donors (Lipinski definition) is 1. The predicted molar refractivity (Wildman–Crippen MR) is 107 cm³/mol. The van der Waals surface area contributed by atoms with Gasteiger partial charge in [-0.15, -0.1) is 11.3 Å². The Labute approximate surface area is 157 Å². The van der Waals surface area contributed by atoms with Crippen molar-refractivity contribution in [3.8, 4) is 17.0 Å². The monoisotopic (exact) mass is 366 g/mol. The molecule has 0 unspecified atom stereocenters. The highest BCUT2D eigenvalue weighted by molar-refractivity contribution is 7.14. The summed E-state index contributed by atoms with van der Waals surface area (Å²) in [7, 11) is 0. The van der Waals surface area contributed by atoms with Crippen molar-refractivity contribution < 1.29 is 9.53 Å². The van der Waals surface area contributed by atoms with Crippen molar-refractivity contribution in [2.45, 2.75) is 26.2 Å². The molecule has 3 aromatic rings. The van der Waals surface area contributed by atoms with E-state index in [-0.39, 0.29) is 17.9 Å². The second kappa shape index (κ2) is 7.70. The van der Waals surface area contributed by atoms with Crippen molar-refractivity contribution in [2.75, 3.05) is 11.9 Å². The number of nitrogens with zero attached hydrogens (tertiary/aromatic N) is 1. The largest absolute Gasteiger partial charge is 0.484 e. The zero-order chi connectivity index (χ0) is 18.6. The van der Waals surface area contributed by atoms with E-state index in [1.807, 2.05) is 60.0 Å². The van der Waals surface area contributed by atoms with Crippen LogP contribution < -0.4 is 10.1 Å². The van der Waals surface area contributed by atoms with Gasteiger partial charge in [0.05, 0.1) is 5.69 Å². The van der Waals surface area contributed by atoms with E-state index < -0.39 is 0 Å². The van der Waals surface area contributed by atoms with Crippen molar-refractivity contribution in [3.05, 3.63) is 65.5 Å². The van der Waals surface area contributed by atoms with Crippen molar-refractivity contribution in [3.63, 3.8) is 0 Å². The minimum absolute atomic E-state index is 0.0465. The Morgan fingerprint density at radius 2 is 1.77 bits per heavy atom. The number of thiazole rings is 1.